The number of rotatable bonds is 7. The molecular weight excluding hydrogens is 318 g/mol. The fourth-order valence-electron chi connectivity index (χ4n) is 1.62. The molecule has 0 bridgehead atoms. The zero-order chi connectivity index (χ0) is 17.6. The number of hydrogen-bond donors (Lipinski definition) is 2. The highest BCUT2D eigenvalue weighted by Crippen LogP contribution is 2.11. The summed E-state index contributed by atoms with van der Waals surface area (Å²) in [6.07, 6.45) is 0.680. The Morgan fingerprint density at radius 1 is 1.17 bits per heavy atom. The van der Waals surface area contributed by atoms with Gasteiger partial charge in [0.1, 0.15) is 0 Å². The Balaban J connectivity index is 2.76. The molecule has 0 fully saturated rings. The summed E-state index contributed by atoms with van der Waals surface area (Å²) >= 11 is 0. The van der Waals surface area contributed by atoms with Crippen LogP contribution in [0.15, 0.2) is 29.2 Å². The molecule has 0 aliphatic carbocycles. The third-order valence-corrected chi connectivity index (χ3v) is 4.90. The number of carbonyl (C=O) groups excluding carboxylic acids is 2. The zero-order valence-electron chi connectivity index (χ0n) is 13.8. The van der Waals surface area contributed by atoms with Crippen LogP contribution in [0, 0.1) is 0 Å². The molecule has 8 heteroatoms. The standard InChI is InChI=1S/C15H23N3O4S/c1-5-11(2)17-23(21,22)13-8-6-12(7-9-13)15(20)16-10-14(19)18(3)4/h6-9,11,17H,5,10H2,1-4H3,(H,16,20)/t11-/m0/s1. The molecule has 0 saturated carbocycles. The predicted octanol–water partition coefficient (Wildman–Crippen LogP) is 0.581. The Labute approximate surface area is 137 Å². The lowest BCUT2D eigenvalue weighted by Crippen LogP contribution is -2.36. The summed E-state index contributed by atoms with van der Waals surface area (Å²) in [5.74, 6) is -0.658. The van der Waals surface area contributed by atoms with Crippen molar-refractivity contribution in [3.8, 4) is 0 Å². The van der Waals surface area contributed by atoms with Crippen LogP contribution in [0.4, 0.5) is 0 Å². The van der Waals surface area contributed by atoms with Gasteiger partial charge in [-0.3, -0.25) is 9.59 Å². The second-order valence-electron chi connectivity index (χ2n) is 5.43. The van der Waals surface area contributed by atoms with E-state index < -0.39 is 15.9 Å². The van der Waals surface area contributed by atoms with Crippen molar-refractivity contribution >= 4 is 21.8 Å². The second-order valence-corrected chi connectivity index (χ2v) is 7.14. The Hall–Kier alpha value is -1.93. The lowest BCUT2D eigenvalue weighted by atomic mass is 10.2. The number of nitrogens with one attached hydrogen (secondary N) is 2. The first-order valence-corrected chi connectivity index (χ1v) is 8.76. The van der Waals surface area contributed by atoms with Gasteiger partial charge in [0, 0.05) is 25.7 Å². The molecule has 0 aliphatic heterocycles. The van der Waals surface area contributed by atoms with Gasteiger partial charge < -0.3 is 10.2 Å². The van der Waals surface area contributed by atoms with Crippen LogP contribution in [0.25, 0.3) is 0 Å². The molecule has 0 saturated heterocycles. The maximum absolute atomic E-state index is 12.1. The summed E-state index contributed by atoms with van der Waals surface area (Å²) in [6.45, 7) is 3.55. The molecule has 128 valence electrons. The van der Waals surface area contributed by atoms with Gasteiger partial charge in [-0.2, -0.15) is 0 Å². The van der Waals surface area contributed by atoms with Gasteiger partial charge in [0.2, 0.25) is 15.9 Å². The van der Waals surface area contributed by atoms with E-state index in [1.165, 1.54) is 29.2 Å². The minimum absolute atomic E-state index is 0.0960. The van der Waals surface area contributed by atoms with Gasteiger partial charge in [-0.25, -0.2) is 13.1 Å². The molecule has 0 heterocycles. The van der Waals surface area contributed by atoms with Crippen molar-refractivity contribution in [1.82, 2.24) is 14.9 Å². The van der Waals surface area contributed by atoms with Crippen LogP contribution in [0.3, 0.4) is 0 Å². The van der Waals surface area contributed by atoms with Crippen molar-refractivity contribution < 1.29 is 18.0 Å². The monoisotopic (exact) mass is 341 g/mol. The normalized spacial score (nSPS) is 12.5. The van der Waals surface area contributed by atoms with E-state index in [1.807, 2.05) is 6.92 Å². The van der Waals surface area contributed by atoms with E-state index >= 15 is 0 Å². The number of amides is 2. The summed E-state index contributed by atoms with van der Waals surface area (Å²) in [6, 6.07) is 5.40. The first-order chi connectivity index (χ1) is 10.7. The SMILES string of the molecule is CC[C@H](C)NS(=O)(=O)c1ccc(C(=O)NCC(=O)N(C)C)cc1. The lowest BCUT2D eigenvalue weighted by molar-refractivity contribution is -0.127. The van der Waals surface area contributed by atoms with Gasteiger partial charge in [0.25, 0.3) is 5.91 Å². The summed E-state index contributed by atoms with van der Waals surface area (Å²) in [5.41, 5.74) is 0.291. The largest absolute Gasteiger partial charge is 0.347 e. The lowest BCUT2D eigenvalue weighted by Gasteiger charge is -2.13. The van der Waals surface area contributed by atoms with Gasteiger partial charge in [-0.1, -0.05) is 6.92 Å². The average Bonchev–Trinajstić information content (AvgIpc) is 2.51. The third kappa shape index (κ3) is 5.65. The first-order valence-electron chi connectivity index (χ1n) is 7.28. The van der Waals surface area contributed by atoms with Crippen molar-refractivity contribution in [2.24, 2.45) is 0 Å². The highest BCUT2D eigenvalue weighted by atomic mass is 32.2. The van der Waals surface area contributed by atoms with E-state index in [4.69, 9.17) is 0 Å². The van der Waals surface area contributed by atoms with Crippen molar-refractivity contribution in [2.45, 2.75) is 31.2 Å². The van der Waals surface area contributed by atoms with E-state index in [2.05, 4.69) is 10.0 Å². The van der Waals surface area contributed by atoms with E-state index in [1.54, 1.807) is 21.0 Å². The second kappa shape index (κ2) is 8.07. The predicted molar refractivity (Wildman–Crippen MR) is 87.5 cm³/mol. The highest BCUT2D eigenvalue weighted by molar-refractivity contribution is 7.89. The molecule has 1 aromatic carbocycles. The number of sulfonamides is 1. The fraction of sp³-hybridized carbons (Fsp3) is 0.467. The maximum Gasteiger partial charge on any atom is 0.251 e. The maximum atomic E-state index is 12.1. The molecule has 0 unspecified atom stereocenters. The molecule has 1 aromatic rings. The number of nitrogens with zero attached hydrogens (tertiary/aromatic N) is 1. The summed E-state index contributed by atoms with van der Waals surface area (Å²) in [4.78, 5) is 24.8. The number of carbonyl (C=O) groups is 2. The zero-order valence-corrected chi connectivity index (χ0v) is 14.6. The molecule has 1 atom stereocenters. The van der Waals surface area contributed by atoms with Gasteiger partial charge >= 0.3 is 0 Å². The molecule has 2 N–H and O–H groups in total. The summed E-state index contributed by atoms with van der Waals surface area (Å²) < 4.78 is 26.8. The van der Waals surface area contributed by atoms with Crippen LogP contribution >= 0.6 is 0 Å². The minimum Gasteiger partial charge on any atom is -0.347 e. The van der Waals surface area contributed by atoms with Crippen LogP contribution in [-0.4, -0.2) is 51.8 Å². The van der Waals surface area contributed by atoms with Crippen LogP contribution < -0.4 is 10.0 Å². The fourth-order valence-corrected chi connectivity index (χ4v) is 2.94. The Bertz CT molecular complexity index is 654. The molecule has 0 aliphatic rings. The van der Waals surface area contributed by atoms with Gasteiger partial charge in [0.05, 0.1) is 11.4 Å². The van der Waals surface area contributed by atoms with E-state index in [0.717, 1.165) is 0 Å². The van der Waals surface area contributed by atoms with Gasteiger partial charge in [0.15, 0.2) is 0 Å². The van der Waals surface area contributed by atoms with E-state index in [-0.39, 0.29) is 23.4 Å². The van der Waals surface area contributed by atoms with Crippen molar-refractivity contribution in [2.75, 3.05) is 20.6 Å². The van der Waals surface area contributed by atoms with E-state index in [9.17, 15) is 18.0 Å². The smallest absolute Gasteiger partial charge is 0.251 e. The summed E-state index contributed by atoms with van der Waals surface area (Å²) in [7, 11) is -0.402. The van der Waals surface area contributed by atoms with Crippen molar-refractivity contribution in [3.63, 3.8) is 0 Å². The number of hydrogen-bond acceptors (Lipinski definition) is 4. The molecule has 0 radical (unpaired) electrons. The van der Waals surface area contributed by atoms with Crippen molar-refractivity contribution in [1.29, 1.82) is 0 Å². The summed E-state index contributed by atoms with van der Waals surface area (Å²) in [5, 5.41) is 2.48. The van der Waals surface area contributed by atoms with Crippen LogP contribution in [0.5, 0.6) is 0 Å². The molecule has 1 rings (SSSR count). The quantitative estimate of drug-likeness (QED) is 0.758. The third-order valence-electron chi connectivity index (χ3n) is 3.29. The molecule has 2 amide bonds. The van der Waals surface area contributed by atoms with Crippen LogP contribution in [0.1, 0.15) is 30.6 Å². The molecule has 23 heavy (non-hydrogen) atoms. The number of benzene rings is 1. The molecular formula is C15H23N3O4S. The first kappa shape index (κ1) is 19.1. The Kier molecular flexibility index (Phi) is 6.71. The highest BCUT2D eigenvalue weighted by Gasteiger charge is 2.17. The average molecular weight is 341 g/mol. The minimum atomic E-state index is -3.59. The van der Waals surface area contributed by atoms with Gasteiger partial charge in [-0.05, 0) is 37.6 Å². The van der Waals surface area contributed by atoms with Crippen molar-refractivity contribution in [3.05, 3.63) is 29.8 Å². The van der Waals surface area contributed by atoms with Gasteiger partial charge in [-0.15, -0.1) is 0 Å². The molecule has 0 spiro atoms. The topological polar surface area (TPSA) is 95.6 Å². The number of likely N-dealkylation sites (N-methyl/N-ethyl adjacent to an activating group) is 1. The molecule has 0 aromatic heterocycles. The Morgan fingerprint density at radius 3 is 2.22 bits per heavy atom. The molecule has 7 nitrogen and oxygen atoms in total. The van der Waals surface area contributed by atoms with Crippen LogP contribution in [-0.2, 0) is 14.8 Å². The Morgan fingerprint density at radius 2 is 1.74 bits per heavy atom. The van der Waals surface area contributed by atoms with E-state index in [0.29, 0.717) is 12.0 Å². The van der Waals surface area contributed by atoms with Crippen LogP contribution in [0.2, 0.25) is 0 Å².